The van der Waals surface area contributed by atoms with Crippen LogP contribution >= 0.6 is 11.3 Å². The molecule has 0 bridgehead atoms. The van der Waals surface area contributed by atoms with Crippen molar-refractivity contribution in [2.75, 3.05) is 0 Å². The zero-order valence-corrected chi connectivity index (χ0v) is 7.38. The molecule has 2 atom stereocenters. The van der Waals surface area contributed by atoms with Crippen molar-refractivity contribution in [2.45, 2.75) is 18.8 Å². The van der Waals surface area contributed by atoms with E-state index in [0.717, 1.165) is 6.42 Å². The van der Waals surface area contributed by atoms with Crippen LogP contribution in [0.4, 0.5) is 0 Å². The van der Waals surface area contributed by atoms with Gasteiger partial charge in [0.25, 0.3) is 0 Å². The summed E-state index contributed by atoms with van der Waals surface area (Å²) < 4.78 is 0. The maximum Gasteiger partial charge on any atom is 0.303 e. The first-order valence-electron chi connectivity index (χ1n) is 4.02. The van der Waals surface area contributed by atoms with Crippen LogP contribution in [0.5, 0.6) is 0 Å². The Bertz CT molecular complexity index is 279. The largest absolute Gasteiger partial charge is 0.481 e. The van der Waals surface area contributed by atoms with Crippen molar-refractivity contribution in [3.05, 3.63) is 22.4 Å². The number of hydrogen-bond acceptors (Lipinski definition) is 2. The van der Waals surface area contributed by atoms with E-state index in [1.165, 1.54) is 4.88 Å². The number of thiophene rings is 1. The first kappa shape index (κ1) is 7.80. The highest BCUT2D eigenvalue weighted by atomic mass is 32.1. The first-order chi connectivity index (χ1) is 5.77. The molecule has 1 aromatic heterocycles. The third-order valence-corrected chi connectivity index (χ3v) is 3.27. The molecule has 2 nitrogen and oxygen atoms in total. The van der Waals surface area contributed by atoms with E-state index in [9.17, 15) is 4.79 Å². The van der Waals surface area contributed by atoms with Crippen LogP contribution in [-0.4, -0.2) is 11.1 Å². The Labute approximate surface area is 74.8 Å². The van der Waals surface area contributed by atoms with E-state index in [-0.39, 0.29) is 0 Å². The van der Waals surface area contributed by atoms with Crippen LogP contribution in [0.1, 0.15) is 23.6 Å². The number of carboxylic acids is 1. The van der Waals surface area contributed by atoms with Gasteiger partial charge in [-0.25, -0.2) is 0 Å². The summed E-state index contributed by atoms with van der Waals surface area (Å²) in [6.07, 6.45) is 1.40. The molecule has 64 valence electrons. The Morgan fingerprint density at radius 1 is 1.75 bits per heavy atom. The van der Waals surface area contributed by atoms with E-state index in [2.05, 4.69) is 6.07 Å². The van der Waals surface area contributed by atoms with Crippen LogP contribution in [0.25, 0.3) is 0 Å². The van der Waals surface area contributed by atoms with Crippen LogP contribution in [0.3, 0.4) is 0 Å². The van der Waals surface area contributed by atoms with Crippen molar-refractivity contribution >= 4 is 17.3 Å². The lowest BCUT2D eigenvalue weighted by Crippen LogP contribution is -1.95. The summed E-state index contributed by atoms with van der Waals surface area (Å²) in [6.45, 7) is 0. The Hall–Kier alpha value is -0.830. The van der Waals surface area contributed by atoms with Gasteiger partial charge in [-0.3, -0.25) is 4.79 Å². The van der Waals surface area contributed by atoms with Crippen molar-refractivity contribution in [1.82, 2.24) is 0 Å². The zero-order chi connectivity index (χ0) is 8.55. The number of hydrogen-bond donors (Lipinski definition) is 1. The second-order valence-electron chi connectivity index (χ2n) is 3.22. The second kappa shape index (κ2) is 2.90. The fourth-order valence-electron chi connectivity index (χ4n) is 1.55. The summed E-state index contributed by atoms with van der Waals surface area (Å²) in [5, 5.41) is 10.6. The van der Waals surface area contributed by atoms with Gasteiger partial charge in [-0.2, -0.15) is 0 Å². The molecule has 0 saturated heterocycles. The van der Waals surface area contributed by atoms with Crippen molar-refractivity contribution < 1.29 is 9.90 Å². The highest BCUT2D eigenvalue weighted by Crippen LogP contribution is 2.50. The highest BCUT2D eigenvalue weighted by molar-refractivity contribution is 7.10. The maximum absolute atomic E-state index is 10.4. The molecule has 2 unspecified atom stereocenters. The van der Waals surface area contributed by atoms with Gasteiger partial charge in [-0.1, -0.05) is 6.07 Å². The fraction of sp³-hybridized carbons (Fsp3) is 0.444. The Balaban J connectivity index is 1.92. The van der Waals surface area contributed by atoms with Crippen LogP contribution in [-0.2, 0) is 4.79 Å². The summed E-state index contributed by atoms with van der Waals surface area (Å²) in [5.74, 6) is 0.279. The van der Waals surface area contributed by atoms with Crippen molar-refractivity contribution in [3.63, 3.8) is 0 Å². The van der Waals surface area contributed by atoms with Gasteiger partial charge in [0.1, 0.15) is 0 Å². The predicted molar refractivity (Wildman–Crippen MR) is 47.4 cm³/mol. The summed E-state index contributed by atoms with van der Waals surface area (Å²) >= 11 is 1.73. The number of rotatable bonds is 3. The summed E-state index contributed by atoms with van der Waals surface area (Å²) in [7, 11) is 0. The average Bonchev–Trinajstić information content (AvgIpc) is 2.59. The van der Waals surface area contributed by atoms with Gasteiger partial charge in [0.15, 0.2) is 0 Å². The average molecular weight is 182 g/mol. The van der Waals surface area contributed by atoms with Crippen molar-refractivity contribution in [1.29, 1.82) is 0 Å². The van der Waals surface area contributed by atoms with E-state index in [0.29, 0.717) is 18.3 Å². The van der Waals surface area contributed by atoms with Crippen LogP contribution in [0.15, 0.2) is 17.5 Å². The second-order valence-corrected chi connectivity index (χ2v) is 4.19. The quantitative estimate of drug-likeness (QED) is 0.779. The fourth-order valence-corrected chi connectivity index (χ4v) is 2.48. The lowest BCUT2D eigenvalue weighted by molar-refractivity contribution is -0.137. The standard InChI is InChI=1S/C9H10O2S/c10-9(11)5-6-4-7(6)8-2-1-3-12-8/h1-3,6-7H,4-5H2,(H,10,11). The van der Waals surface area contributed by atoms with Gasteiger partial charge < -0.3 is 5.11 Å². The number of carboxylic acid groups (broad SMARTS) is 1. The van der Waals surface area contributed by atoms with Gasteiger partial charge in [-0.05, 0) is 29.7 Å². The smallest absolute Gasteiger partial charge is 0.303 e. The van der Waals surface area contributed by atoms with Gasteiger partial charge in [-0.15, -0.1) is 11.3 Å². The van der Waals surface area contributed by atoms with Crippen molar-refractivity contribution in [3.8, 4) is 0 Å². The minimum Gasteiger partial charge on any atom is -0.481 e. The minimum atomic E-state index is -0.668. The van der Waals surface area contributed by atoms with Crippen LogP contribution in [0, 0.1) is 5.92 Å². The molecule has 0 spiro atoms. The van der Waals surface area contributed by atoms with E-state index in [1.807, 2.05) is 11.4 Å². The molecule has 1 N–H and O–H groups in total. The van der Waals surface area contributed by atoms with Gasteiger partial charge in [0.2, 0.25) is 0 Å². The summed E-state index contributed by atoms with van der Waals surface area (Å²) in [5.41, 5.74) is 0. The third kappa shape index (κ3) is 1.50. The van der Waals surface area contributed by atoms with Crippen LogP contribution in [0.2, 0.25) is 0 Å². The molecule has 1 saturated carbocycles. The van der Waals surface area contributed by atoms with Gasteiger partial charge >= 0.3 is 5.97 Å². The molecule has 3 heteroatoms. The zero-order valence-electron chi connectivity index (χ0n) is 6.56. The van der Waals surface area contributed by atoms with E-state index < -0.39 is 5.97 Å². The number of carbonyl (C=O) groups is 1. The molecule has 2 rings (SSSR count). The monoisotopic (exact) mass is 182 g/mol. The molecule has 12 heavy (non-hydrogen) atoms. The normalized spacial score (nSPS) is 27.0. The van der Waals surface area contributed by atoms with Gasteiger partial charge in [0, 0.05) is 11.3 Å². The lowest BCUT2D eigenvalue weighted by atomic mass is 10.2. The molecule has 0 aromatic carbocycles. The minimum absolute atomic E-state index is 0.336. The Kier molecular flexibility index (Phi) is 1.89. The van der Waals surface area contributed by atoms with E-state index >= 15 is 0 Å². The molecule has 1 aromatic rings. The Morgan fingerprint density at radius 2 is 2.58 bits per heavy atom. The first-order valence-corrected chi connectivity index (χ1v) is 4.90. The molecule has 0 aliphatic heterocycles. The van der Waals surface area contributed by atoms with Crippen LogP contribution < -0.4 is 0 Å². The molecule has 1 aliphatic rings. The summed E-state index contributed by atoms with van der Waals surface area (Å²) in [4.78, 5) is 11.7. The molecule has 1 fully saturated rings. The molecular formula is C9H10O2S. The lowest BCUT2D eigenvalue weighted by Gasteiger charge is -1.91. The predicted octanol–water partition coefficient (Wildman–Crippen LogP) is 2.33. The molecule has 1 heterocycles. The Morgan fingerprint density at radius 3 is 3.17 bits per heavy atom. The van der Waals surface area contributed by atoms with E-state index in [4.69, 9.17) is 5.11 Å². The highest BCUT2D eigenvalue weighted by Gasteiger charge is 2.40. The van der Waals surface area contributed by atoms with Gasteiger partial charge in [0.05, 0.1) is 0 Å². The molecular weight excluding hydrogens is 172 g/mol. The van der Waals surface area contributed by atoms with E-state index in [1.54, 1.807) is 11.3 Å². The maximum atomic E-state index is 10.4. The topological polar surface area (TPSA) is 37.3 Å². The molecule has 0 amide bonds. The van der Waals surface area contributed by atoms with Crippen molar-refractivity contribution in [2.24, 2.45) is 5.92 Å². The SMILES string of the molecule is O=C(O)CC1CC1c1cccs1. The summed E-state index contributed by atoms with van der Waals surface area (Å²) in [6, 6.07) is 4.12. The molecule has 1 aliphatic carbocycles. The number of aliphatic carboxylic acids is 1. The third-order valence-electron chi connectivity index (χ3n) is 2.27. The molecule has 0 radical (unpaired) electrons.